The lowest BCUT2D eigenvalue weighted by atomic mass is 10.0. The van der Waals surface area contributed by atoms with Gasteiger partial charge in [-0.2, -0.15) is 0 Å². The number of pyridine rings is 2. The van der Waals surface area contributed by atoms with Gasteiger partial charge in [-0.15, -0.1) is 0 Å². The first kappa shape index (κ1) is 20.6. The number of benzene rings is 2. The van der Waals surface area contributed by atoms with Crippen molar-refractivity contribution in [3.8, 4) is 0 Å². The van der Waals surface area contributed by atoms with Crippen LogP contribution in [-0.2, 0) is 13.2 Å². The Kier molecular flexibility index (Phi) is 6.32. The number of hydrogen-bond acceptors (Lipinski definition) is 5. The number of carbonyl (C=O) groups is 1. The fraction of sp³-hybridized carbons (Fsp3) is 0.208. The fourth-order valence-electron chi connectivity index (χ4n) is 3.32. The molecule has 0 radical (unpaired) electrons. The smallest absolute Gasteiger partial charge is 0.168 e. The van der Waals surface area contributed by atoms with Crippen molar-refractivity contribution in [1.82, 2.24) is 9.97 Å². The normalized spacial score (nSPS) is 10.7. The van der Waals surface area contributed by atoms with E-state index in [1.807, 2.05) is 57.2 Å². The van der Waals surface area contributed by atoms with Crippen molar-refractivity contribution >= 4 is 28.1 Å². The van der Waals surface area contributed by atoms with Gasteiger partial charge in [0.25, 0.3) is 0 Å². The number of carbonyl (C=O) groups excluding carboxylic acids is 1. The number of rotatable bonds is 3. The van der Waals surface area contributed by atoms with Crippen molar-refractivity contribution in [2.75, 3.05) is 0 Å². The number of aromatic nitrogens is 2. The molecule has 0 aliphatic carbocycles. The lowest BCUT2D eigenvalue weighted by Crippen LogP contribution is -1.93. The molecular formula is C24H24N2O3. The molecule has 0 saturated carbocycles. The van der Waals surface area contributed by atoms with Gasteiger partial charge < -0.3 is 10.2 Å². The van der Waals surface area contributed by atoms with Crippen LogP contribution in [0.3, 0.4) is 0 Å². The van der Waals surface area contributed by atoms with Crippen molar-refractivity contribution in [1.29, 1.82) is 0 Å². The predicted octanol–water partition coefficient (Wildman–Crippen LogP) is 4.19. The Morgan fingerprint density at radius 1 is 0.724 bits per heavy atom. The van der Waals surface area contributed by atoms with E-state index in [1.54, 1.807) is 6.07 Å². The number of hydrogen-bond donors (Lipinski definition) is 2. The lowest BCUT2D eigenvalue weighted by molar-refractivity contribution is 0.111. The van der Waals surface area contributed by atoms with E-state index >= 15 is 0 Å². The third-order valence-corrected chi connectivity index (χ3v) is 5.13. The molecule has 5 nitrogen and oxygen atoms in total. The molecule has 2 aromatic heterocycles. The van der Waals surface area contributed by atoms with Crippen molar-refractivity contribution in [3.63, 3.8) is 0 Å². The molecule has 0 saturated heterocycles. The maximum atomic E-state index is 10.6. The van der Waals surface area contributed by atoms with Crippen molar-refractivity contribution in [2.45, 2.75) is 34.0 Å². The third-order valence-electron chi connectivity index (χ3n) is 5.13. The number of aliphatic hydroxyl groups is 2. The Morgan fingerprint density at radius 2 is 1.24 bits per heavy atom. The van der Waals surface area contributed by atoms with Crippen molar-refractivity contribution in [3.05, 3.63) is 82.2 Å². The lowest BCUT2D eigenvalue weighted by Gasteiger charge is -2.06. The molecule has 2 N–H and O–H groups in total. The van der Waals surface area contributed by atoms with Crippen LogP contribution >= 0.6 is 0 Å². The highest BCUT2D eigenvalue weighted by Crippen LogP contribution is 2.21. The molecular weight excluding hydrogens is 364 g/mol. The zero-order chi connectivity index (χ0) is 21.0. The molecule has 2 aromatic carbocycles. The second-order valence-electron chi connectivity index (χ2n) is 6.96. The van der Waals surface area contributed by atoms with Crippen LogP contribution in [0.15, 0.2) is 48.5 Å². The van der Waals surface area contributed by atoms with Crippen molar-refractivity contribution in [2.24, 2.45) is 0 Å². The Labute approximate surface area is 169 Å². The van der Waals surface area contributed by atoms with E-state index in [-0.39, 0.29) is 13.2 Å². The van der Waals surface area contributed by atoms with E-state index in [0.29, 0.717) is 5.69 Å². The van der Waals surface area contributed by atoms with Crippen LogP contribution in [0, 0.1) is 20.8 Å². The van der Waals surface area contributed by atoms with Gasteiger partial charge in [0.15, 0.2) is 6.29 Å². The second-order valence-corrected chi connectivity index (χ2v) is 6.96. The molecule has 0 aliphatic heterocycles. The van der Waals surface area contributed by atoms with Gasteiger partial charge in [0, 0.05) is 16.5 Å². The average molecular weight is 388 g/mol. The zero-order valence-corrected chi connectivity index (χ0v) is 16.8. The Morgan fingerprint density at radius 3 is 1.76 bits per heavy atom. The second kappa shape index (κ2) is 8.90. The van der Waals surface area contributed by atoms with E-state index < -0.39 is 0 Å². The maximum absolute atomic E-state index is 10.6. The highest BCUT2D eigenvalue weighted by molar-refractivity contribution is 5.86. The summed E-state index contributed by atoms with van der Waals surface area (Å²) in [6.07, 6.45) is 0.731. The molecule has 0 atom stereocenters. The topological polar surface area (TPSA) is 83.3 Å². The highest BCUT2D eigenvalue weighted by Gasteiger charge is 2.04. The molecule has 0 aliphatic rings. The summed E-state index contributed by atoms with van der Waals surface area (Å²) in [5.41, 5.74) is 7.24. The fourth-order valence-corrected chi connectivity index (χ4v) is 3.32. The highest BCUT2D eigenvalue weighted by atomic mass is 16.3. The molecule has 0 bridgehead atoms. The van der Waals surface area contributed by atoms with Crippen LogP contribution in [0.25, 0.3) is 21.8 Å². The summed E-state index contributed by atoms with van der Waals surface area (Å²) in [6.45, 7) is 6.06. The van der Waals surface area contributed by atoms with Gasteiger partial charge in [0.2, 0.25) is 0 Å². The Balaban J connectivity index is 0.000000166. The SMILES string of the molecule is Cc1c(CO)ccc2nc(C=O)ccc12.Cc1ccc2c(C)c(CO)ccc2n1. The maximum Gasteiger partial charge on any atom is 0.168 e. The van der Waals surface area contributed by atoms with E-state index in [9.17, 15) is 4.79 Å². The molecule has 148 valence electrons. The Bertz CT molecular complexity index is 1190. The van der Waals surface area contributed by atoms with Crippen molar-refractivity contribution < 1.29 is 15.0 Å². The first-order chi connectivity index (χ1) is 14.0. The summed E-state index contributed by atoms with van der Waals surface area (Å²) < 4.78 is 0. The first-order valence-electron chi connectivity index (χ1n) is 9.40. The van der Waals surface area contributed by atoms with Crippen LogP contribution in [0.5, 0.6) is 0 Å². The van der Waals surface area contributed by atoms with E-state index in [4.69, 9.17) is 10.2 Å². The van der Waals surface area contributed by atoms with Crippen LogP contribution in [0.1, 0.15) is 38.4 Å². The number of nitrogens with zero attached hydrogens (tertiary/aromatic N) is 2. The summed E-state index contributed by atoms with van der Waals surface area (Å²) in [7, 11) is 0. The van der Waals surface area contributed by atoms with E-state index in [0.717, 1.165) is 56.0 Å². The molecule has 2 heterocycles. The van der Waals surface area contributed by atoms with Gasteiger partial charge in [0.05, 0.1) is 24.2 Å². The van der Waals surface area contributed by atoms with Crippen LogP contribution in [0.4, 0.5) is 0 Å². The molecule has 5 heteroatoms. The summed E-state index contributed by atoms with van der Waals surface area (Å²) in [5, 5.41) is 20.3. The van der Waals surface area contributed by atoms with Gasteiger partial charge >= 0.3 is 0 Å². The Hall–Kier alpha value is -3.15. The molecule has 0 amide bonds. The quantitative estimate of drug-likeness (QED) is 0.514. The minimum Gasteiger partial charge on any atom is -0.392 e. The minimum absolute atomic E-state index is 0.0250. The number of aryl methyl sites for hydroxylation is 3. The molecule has 0 unspecified atom stereocenters. The molecule has 0 fully saturated rings. The van der Waals surface area contributed by atoms with Gasteiger partial charge in [0.1, 0.15) is 5.69 Å². The predicted molar refractivity (Wildman–Crippen MR) is 115 cm³/mol. The number of fused-ring (bicyclic) bond motifs is 2. The largest absolute Gasteiger partial charge is 0.392 e. The van der Waals surface area contributed by atoms with Gasteiger partial charge in [-0.05, 0) is 67.3 Å². The summed E-state index contributed by atoms with van der Waals surface area (Å²) in [4.78, 5) is 19.2. The minimum atomic E-state index is 0.0250. The van der Waals surface area contributed by atoms with Crippen LogP contribution in [-0.4, -0.2) is 26.5 Å². The summed E-state index contributed by atoms with van der Waals surface area (Å²) in [6, 6.07) is 15.2. The van der Waals surface area contributed by atoms with Gasteiger partial charge in [-0.1, -0.05) is 24.3 Å². The van der Waals surface area contributed by atoms with Crippen LogP contribution < -0.4 is 0 Å². The molecule has 4 rings (SSSR count). The zero-order valence-electron chi connectivity index (χ0n) is 16.8. The van der Waals surface area contributed by atoms with E-state index in [2.05, 4.69) is 16.0 Å². The van der Waals surface area contributed by atoms with Gasteiger partial charge in [-0.25, -0.2) is 4.98 Å². The average Bonchev–Trinajstić information content (AvgIpc) is 2.74. The molecule has 0 spiro atoms. The first-order valence-corrected chi connectivity index (χ1v) is 9.40. The number of aldehydes is 1. The number of aliphatic hydroxyl groups excluding tert-OH is 2. The summed E-state index contributed by atoms with van der Waals surface area (Å²) in [5.74, 6) is 0. The summed E-state index contributed by atoms with van der Waals surface area (Å²) >= 11 is 0. The third kappa shape index (κ3) is 4.31. The van der Waals surface area contributed by atoms with Gasteiger partial charge in [-0.3, -0.25) is 9.78 Å². The molecule has 29 heavy (non-hydrogen) atoms. The standard InChI is InChI=1S/C12H11NO2.C12H13NO/c1-8-9(6-14)2-5-12-11(8)4-3-10(7-15)13-12;1-8-3-5-11-9(2)10(7-14)4-6-12(11)13-8/h2-5,7,14H,6H2,1H3;3-6,14H,7H2,1-2H3. The molecule has 4 aromatic rings. The van der Waals surface area contributed by atoms with E-state index in [1.165, 1.54) is 0 Å². The van der Waals surface area contributed by atoms with Crippen LogP contribution in [0.2, 0.25) is 0 Å². The monoisotopic (exact) mass is 388 g/mol.